The Kier molecular flexibility index (Phi) is 6.19. The maximum Gasteiger partial charge on any atom is 1.00 e. The van der Waals surface area contributed by atoms with E-state index in [-0.39, 0.29) is 30.1 Å². The summed E-state index contributed by atoms with van der Waals surface area (Å²) in [5.41, 5.74) is -0.439. The molecule has 0 saturated carbocycles. The summed E-state index contributed by atoms with van der Waals surface area (Å²) >= 11 is 0. The molecule has 20 heavy (non-hydrogen) atoms. The molecular weight excluding hydrogens is 246 g/mol. The third-order valence-corrected chi connectivity index (χ3v) is 4.38. The molecule has 0 bridgehead atoms. The first kappa shape index (κ1) is 18.1. The number of hydrogen-bond donors (Lipinski definition) is 0. The van der Waals surface area contributed by atoms with Crippen molar-refractivity contribution in [3.63, 3.8) is 0 Å². The minimum Gasteiger partial charge on any atom is -0.558 e. The van der Waals surface area contributed by atoms with Gasteiger partial charge >= 0.3 is 18.9 Å². The van der Waals surface area contributed by atoms with Gasteiger partial charge in [0.15, 0.2) is 0 Å². The van der Waals surface area contributed by atoms with Gasteiger partial charge in [0, 0.05) is 24.4 Å². The van der Waals surface area contributed by atoms with Crippen molar-refractivity contribution in [2.45, 2.75) is 58.1 Å². The normalized spacial score (nSPS) is 27.8. The van der Waals surface area contributed by atoms with Gasteiger partial charge < -0.3 is 14.0 Å². The Labute approximate surface area is 135 Å². The summed E-state index contributed by atoms with van der Waals surface area (Å²) in [5, 5.41) is 0. The topological polar surface area (TPSA) is 27.7 Å². The van der Waals surface area contributed by atoms with E-state index in [4.69, 9.17) is 14.0 Å². The van der Waals surface area contributed by atoms with Crippen molar-refractivity contribution >= 4 is 6.55 Å². The third-order valence-electron chi connectivity index (χ3n) is 4.38. The van der Waals surface area contributed by atoms with Crippen LogP contribution in [0.15, 0.2) is 24.2 Å². The SMILES string of the molecule is C1CCOC1.CC1(C)O[B-]2(C=CC=CC2)OC1(C)C.[Li+]. The fourth-order valence-corrected chi connectivity index (χ4v) is 2.65. The fourth-order valence-electron chi connectivity index (χ4n) is 2.65. The molecule has 0 aromatic carbocycles. The molecule has 0 aromatic rings. The smallest absolute Gasteiger partial charge is 0.558 e. The summed E-state index contributed by atoms with van der Waals surface area (Å²) in [6, 6.07) is 0. The van der Waals surface area contributed by atoms with E-state index in [1.54, 1.807) is 0 Å². The number of hydrogen-bond acceptors (Lipinski definition) is 3. The van der Waals surface area contributed by atoms with Gasteiger partial charge in [-0.2, -0.15) is 5.98 Å². The molecule has 3 aliphatic rings. The van der Waals surface area contributed by atoms with Crippen LogP contribution < -0.4 is 18.9 Å². The van der Waals surface area contributed by atoms with E-state index in [2.05, 4.69) is 39.7 Å². The quantitative estimate of drug-likeness (QED) is 0.601. The predicted octanol–water partition coefficient (Wildman–Crippen LogP) is 0.499. The minimum atomic E-state index is -1.22. The van der Waals surface area contributed by atoms with Crippen LogP contribution >= 0.6 is 0 Å². The van der Waals surface area contributed by atoms with E-state index in [1.807, 2.05) is 12.2 Å². The largest absolute Gasteiger partial charge is 1.00 e. The molecule has 3 nitrogen and oxygen atoms in total. The van der Waals surface area contributed by atoms with Gasteiger partial charge in [-0.1, -0.05) is 6.08 Å². The zero-order chi connectivity index (χ0) is 14.0. The number of rotatable bonds is 0. The molecule has 0 unspecified atom stereocenters. The summed E-state index contributed by atoms with van der Waals surface area (Å²) in [7, 11) is 0. The van der Waals surface area contributed by atoms with Gasteiger partial charge in [0.2, 0.25) is 0 Å². The molecule has 3 heterocycles. The Morgan fingerprint density at radius 1 is 0.900 bits per heavy atom. The van der Waals surface area contributed by atoms with Gasteiger partial charge in [0.05, 0.1) is 0 Å². The van der Waals surface area contributed by atoms with Gasteiger partial charge in [0.1, 0.15) is 0 Å². The van der Waals surface area contributed by atoms with Crippen molar-refractivity contribution in [2.24, 2.45) is 0 Å². The molecule has 3 rings (SSSR count). The Hall–Kier alpha value is 0.0223. The molecule has 0 aromatic heterocycles. The van der Waals surface area contributed by atoms with Crippen LogP contribution in [0.4, 0.5) is 0 Å². The molecule has 2 fully saturated rings. The van der Waals surface area contributed by atoms with Crippen molar-refractivity contribution in [1.82, 2.24) is 0 Å². The maximum absolute atomic E-state index is 6.09. The molecule has 2 saturated heterocycles. The second kappa shape index (κ2) is 6.85. The van der Waals surface area contributed by atoms with Gasteiger partial charge in [0.25, 0.3) is 6.55 Å². The zero-order valence-electron chi connectivity index (χ0n) is 13.6. The van der Waals surface area contributed by atoms with Gasteiger partial charge in [-0.05, 0) is 40.5 Å². The van der Waals surface area contributed by atoms with Crippen molar-refractivity contribution in [1.29, 1.82) is 0 Å². The molecule has 0 radical (unpaired) electrons. The van der Waals surface area contributed by atoms with Crippen molar-refractivity contribution < 1.29 is 32.9 Å². The third kappa shape index (κ3) is 4.02. The predicted molar refractivity (Wildman–Crippen MR) is 79.2 cm³/mol. The van der Waals surface area contributed by atoms with E-state index in [9.17, 15) is 0 Å². The second-order valence-electron chi connectivity index (χ2n) is 6.56. The Bertz CT molecular complexity index is 350. The Morgan fingerprint density at radius 2 is 1.45 bits per heavy atom. The van der Waals surface area contributed by atoms with Crippen LogP contribution in [0.25, 0.3) is 0 Å². The van der Waals surface area contributed by atoms with Crippen LogP contribution in [0.1, 0.15) is 40.5 Å². The van der Waals surface area contributed by atoms with Crippen LogP contribution in [0.5, 0.6) is 0 Å². The van der Waals surface area contributed by atoms with E-state index >= 15 is 0 Å². The van der Waals surface area contributed by atoms with Crippen LogP contribution in [0.2, 0.25) is 6.32 Å². The number of allylic oxidation sites excluding steroid dienone is 3. The molecule has 108 valence electrons. The molecule has 0 aliphatic carbocycles. The first-order chi connectivity index (χ1) is 8.87. The summed E-state index contributed by atoms with van der Waals surface area (Å²) < 4.78 is 17.1. The van der Waals surface area contributed by atoms with Crippen molar-refractivity contribution in [3.8, 4) is 0 Å². The van der Waals surface area contributed by atoms with Gasteiger partial charge in [-0.15, -0.1) is 18.5 Å². The van der Waals surface area contributed by atoms with Crippen LogP contribution in [0, 0.1) is 0 Å². The molecule has 0 amide bonds. The van der Waals surface area contributed by atoms with Crippen LogP contribution in [-0.2, 0) is 14.0 Å². The molecule has 1 spiro atoms. The van der Waals surface area contributed by atoms with Crippen molar-refractivity contribution in [2.75, 3.05) is 13.2 Å². The monoisotopic (exact) mass is 272 g/mol. The van der Waals surface area contributed by atoms with Gasteiger partial charge in [-0.3, -0.25) is 0 Å². The van der Waals surface area contributed by atoms with Gasteiger partial charge in [-0.25, -0.2) is 0 Å². The Morgan fingerprint density at radius 3 is 1.80 bits per heavy atom. The molecule has 5 heteroatoms. The molecule has 0 N–H and O–H groups in total. The van der Waals surface area contributed by atoms with E-state index in [1.165, 1.54) is 12.8 Å². The fraction of sp³-hybridized carbons (Fsp3) is 0.733. The standard InChI is InChI=1S/C11H18BO2.C4H8O.Li/c1-10(2)11(3,4)14-12(13-10)8-6-5-7-9-12;1-2-4-5-3-1;/h5-8H,9H2,1-4H3;1-4H2;/q-1;;+1. The number of ether oxygens (including phenoxy) is 1. The minimum absolute atomic E-state index is 0. The average Bonchev–Trinajstić information content (AvgIpc) is 2.90. The van der Waals surface area contributed by atoms with Crippen LogP contribution in [0.3, 0.4) is 0 Å². The second-order valence-corrected chi connectivity index (χ2v) is 6.56. The summed E-state index contributed by atoms with van der Waals surface area (Å²) in [6.45, 7) is 9.16. The van der Waals surface area contributed by atoms with E-state index < -0.39 is 6.55 Å². The summed E-state index contributed by atoms with van der Waals surface area (Å²) in [6.07, 6.45) is 9.58. The first-order valence-corrected chi connectivity index (χ1v) is 7.36. The van der Waals surface area contributed by atoms with E-state index in [0.717, 1.165) is 19.5 Å². The summed E-state index contributed by atoms with van der Waals surface area (Å²) in [4.78, 5) is 0. The molecule has 3 aliphatic heterocycles. The Balaban J connectivity index is 0.000000283. The average molecular weight is 272 g/mol. The van der Waals surface area contributed by atoms with Crippen molar-refractivity contribution in [3.05, 3.63) is 24.2 Å². The van der Waals surface area contributed by atoms with E-state index in [0.29, 0.717) is 0 Å². The maximum atomic E-state index is 6.09. The van der Waals surface area contributed by atoms with Crippen LogP contribution in [-0.4, -0.2) is 31.0 Å². The first-order valence-electron chi connectivity index (χ1n) is 7.36. The molecular formula is C15H26BLiO3. The zero-order valence-corrected chi connectivity index (χ0v) is 13.6. The molecule has 0 atom stereocenters. The summed E-state index contributed by atoms with van der Waals surface area (Å²) in [5.74, 6) is 2.07.